The third-order valence-electron chi connectivity index (χ3n) is 3.89. The molecule has 0 bridgehead atoms. The number of nitrogens with zero attached hydrogens (tertiary/aromatic N) is 1. The lowest BCUT2D eigenvalue weighted by Gasteiger charge is -2.06. The van der Waals surface area contributed by atoms with E-state index in [1.54, 1.807) is 36.4 Å². The van der Waals surface area contributed by atoms with Crippen molar-refractivity contribution < 1.29 is 14.0 Å². The number of anilines is 2. The zero-order valence-electron chi connectivity index (χ0n) is 14.4. The van der Waals surface area contributed by atoms with Crippen LogP contribution in [0.15, 0.2) is 65.3 Å². The number of amides is 2. The monoisotopic (exact) mass is 377 g/mol. The molecule has 4 aromatic rings. The summed E-state index contributed by atoms with van der Waals surface area (Å²) in [5.41, 5.74) is 2.91. The Kier molecular flexibility index (Phi) is 4.43. The third kappa shape index (κ3) is 3.73. The lowest BCUT2D eigenvalue weighted by atomic mass is 10.2. The molecule has 0 atom stereocenters. The van der Waals surface area contributed by atoms with Crippen LogP contribution in [0.3, 0.4) is 0 Å². The van der Waals surface area contributed by atoms with E-state index in [1.165, 1.54) is 17.6 Å². The first-order valence-corrected chi connectivity index (χ1v) is 9.03. The summed E-state index contributed by atoms with van der Waals surface area (Å²) >= 11 is 1.42. The van der Waals surface area contributed by atoms with E-state index in [1.807, 2.05) is 25.1 Å². The summed E-state index contributed by atoms with van der Waals surface area (Å²) in [6.45, 7) is 2.01. The number of furan rings is 1. The summed E-state index contributed by atoms with van der Waals surface area (Å²) < 4.78 is 6.08. The minimum Gasteiger partial charge on any atom is -0.459 e. The summed E-state index contributed by atoms with van der Waals surface area (Å²) in [7, 11) is 0. The Bertz CT molecular complexity index is 1130. The molecule has 0 aliphatic carbocycles. The second-order valence-electron chi connectivity index (χ2n) is 5.96. The molecule has 6 nitrogen and oxygen atoms in total. The molecule has 2 aromatic heterocycles. The number of carbonyl (C=O) groups is 2. The minimum atomic E-state index is -0.376. The molecule has 0 spiro atoms. The lowest BCUT2D eigenvalue weighted by Crippen LogP contribution is -2.14. The quantitative estimate of drug-likeness (QED) is 0.540. The number of aromatic nitrogens is 1. The van der Waals surface area contributed by atoms with Gasteiger partial charge in [-0.3, -0.25) is 14.9 Å². The van der Waals surface area contributed by atoms with Gasteiger partial charge in [0, 0.05) is 11.3 Å². The number of rotatable bonds is 4. The van der Waals surface area contributed by atoms with Crippen LogP contribution in [0.1, 0.15) is 26.5 Å². The van der Waals surface area contributed by atoms with E-state index in [9.17, 15) is 9.59 Å². The highest BCUT2D eigenvalue weighted by molar-refractivity contribution is 7.22. The van der Waals surface area contributed by atoms with Crippen LogP contribution in [0, 0.1) is 6.92 Å². The maximum Gasteiger partial charge on any atom is 0.291 e. The Morgan fingerprint density at radius 2 is 1.89 bits per heavy atom. The van der Waals surface area contributed by atoms with Crippen molar-refractivity contribution in [2.45, 2.75) is 6.92 Å². The molecule has 0 radical (unpaired) electrons. The molecule has 0 saturated carbocycles. The molecular formula is C20H15N3O3S. The topological polar surface area (TPSA) is 84.2 Å². The van der Waals surface area contributed by atoms with Gasteiger partial charge in [0.05, 0.1) is 16.5 Å². The molecule has 2 amide bonds. The Labute approximate surface area is 158 Å². The first-order chi connectivity index (χ1) is 13.1. The maximum atomic E-state index is 12.5. The fourth-order valence-electron chi connectivity index (χ4n) is 2.59. The number of thiazole rings is 1. The summed E-state index contributed by atoms with van der Waals surface area (Å²) in [5.74, 6) is -0.464. The Hall–Kier alpha value is -3.45. The smallest absolute Gasteiger partial charge is 0.291 e. The van der Waals surface area contributed by atoms with Crippen molar-refractivity contribution in [1.82, 2.24) is 4.98 Å². The first-order valence-electron chi connectivity index (χ1n) is 8.22. The van der Waals surface area contributed by atoms with Gasteiger partial charge in [0.15, 0.2) is 10.9 Å². The van der Waals surface area contributed by atoms with Crippen LogP contribution in [0.5, 0.6) is 0 Å². The van der Waals surface area contributed by atoms with E-state index >= 15 is 0 Å². The average molecular weight is 377 g/mol. The Balaban J connectivity index is 1.50. The molecule has 0 aliphatic rings. The van der Waals surface area contributed by atoms with E-state index in [0.717, 1.165) is 15.8 Å². The van der Waals surface area contributed by atoms with Gasteiger partial charge in [-0.1, -0.05) is 23.5 Å². The number of aryl methyl sites for hydroxylation is 1. The summed E-state index contributed by atoms with van der Waals surface area (Å²) in [6, 6.07) is 15.8. The van der Waals surface area contributed by atoms with Crippen molar-refractivity contribution in [2.24, 2.45) is 0 Å². The van der Waals surface area contributed by atoms with Gasteiger partial charge in [-0.15, -0.1) is 0 Å². The van der Waals surface area contributed by atoms with Crippen molar-refractivity contribution in [3.63, 3.8) is 0 Å². The van der Waals surface area contributed by atoms with E-state index in [4.69, 9.17) is 4.42 Å². The largest absolute Gasteiger partial charge is 0.459 e. The van der Waals surface area contributed by atoms with Gasteiger partial charge in [0.25, 0.3) is 11.8 Å². The van der Waals surface area contributed by atoms with Crippen LogP contribution in [0.4, 0.5) is 10.8 Å². The van der Waals surface area contributed by atoms with Gasteiger partial charge in [-0.2, -0.15) is 0 Å². The van der Waals surface area contributed by atoms with Crippen molar-refractivity contribution >= 4 is 44.2 Å². The van der Waals surface area contributed by atoms with E-state index in [-0.39, 0.29) is 17.6 Å². The van der Waals surface area contributed by atoms with Crippen LogP contribution in [0.2, 0.25) is 0 Å². The number of carbonyl (C=O) groups excluding carboxylic acids is 2. The predicted molar refractivity (Wildman–Crippen MR) is 105 cm³/mol. The van der Waals surface area contributed by atoms with E-state index < -0.39 is 0 Å². The highest BCUT2D eigenvalue weighted by Crippen LogP contribution is 2.27. The zero-order valence-corrected chi connectivity index (χ0v) is 15.2. The predicted octanol–water partition coefficient (Wildman–Crippen LogP) is 4.70. The van der Waals surface area contributed by atoms with Gasteiger partial charge < -0.3 is 9.73 Å². The molecule has 2 N–H and O–H groups in total. The van der Waals surface area contributed by atoms with Gasteiger partial charge >= 0.3 is 0 Å². The summed E-state index contributed by atoms with van der Waals surface area (Å²) in [6.07, 6.45) is 1.43. The van der Waals surface area contributed by atoms with Crippen molar-refractivity contribution in [1.29, 1.82) is 0 Å². The van der Waals surface area contributed by atoms with Crippen LogP contribution in [-0.4, -0.2) is 16.8 Å². The fourth-order valence-corrected chi connectivity index (χ4v) is 3.55. The highest BCUT2D eigenvalue weighted by Gasteiger charge is 2.13. The van der Waals surface area contributed by atoms with Crippen LogP contribution >= 0.6 is 11.3 Å². The molecule has 27 heavy (non-hydrogen) atoms. The summed E-state index contributed by atoms with van der Waals surface area (Å²) in [5, 5.41) is 6.05. The molecule has 7 heteroatoms. The second-order valence-corrected chi connectivity index (χ2v) is 6.99. The summed E-state index contributed by atoms with van der Waals surface area (Å²) in [4.78, 5) is 29.0. The Morgan fingerprint density at radius 3 is 2.70 bits per heavy atom. The molecule has 2 aromatic carbocycles. The van der Waals surface area contributed by atoms with Crippen LogP contribution < -0.4 is 10.6 Å². The third-order valence-corrected chi connectivity index (χ3v) is 4.83. The van der Waals surface area contributed by atoms with Crippen molar-refractivity contribution in [2.75, 3.05) is 10.6 Å². The molecule has 0 unspecified atom stereocenters. The molecular weight excluding hydrogens is 362 g/mol. The van der Waals surface area contributed by atoms with Crippen molar-refractivity contribution in [3.8, 4) is 0 Å². The lowest BCUT2D eigenvalue weighted by molar-refractivity contribution is 0.0993. The number of hydrogen-bond donors (Lipinski definition) is 2. The molecule has 0 fully saturated rings. The van der Waals surface area contributed by atoms with Crippen LogP contribution in [0.25, 0.3) is 10.2 Å². The SMILES string of the molecule is Cc1ccc2nc(NC(=O)c3cccc(NC(=O)c4ccco4)c3)sc2c1. The minimum absolute atomic E-state index is 0.203. The zero-order chi connectivity index (χ0) is 18.8. The maximum absolute atomic E-state index is 12.5. The first kappa shape index (κ1) is 17.0. The second kappa shape index (κ2) is 7.05. The highest BCUT2D eigenvalue weighted by atomic mass is 32.1. The number of benzene rings is 2. The van der Waals surface area contributed by atoms with Gasteiger partial charge in [-0.05, 0) is 55.0 Å². The average Bonchev–Trinajstić information content (AvgIpc) is 3.31. The van der Waals surface area contributed by atoms with Gasteiger partial charge in [0.1, 0.15) is 0 Å². The van der Waals surface area contributed by atoms with Gasteiger partial charge in [-0.25, -0.2) is 4.98 Å². The standard InChI is InChI=1S/C20H15N3O3S/c1-12-7-8-15-17(10-12)27-20(22-15)23-18(24)13-4-2-5-14(11-13)21-19(25)16-6-3-9-26-16/h2-11H,1H3,(H,21,25)(H,22,23,24). The fraction of sp³-hybridized carbons (Fsp3) is 0.0500. The Morgan fingerprint density at radius 1 is 1.00 bits per heavy atom. The molecule has 134 valence electrons. The normalized spacial score (nSPS) is 10.7. The number of nitrogens with one attached hydrogen (secondary N) is 2. The molecule has 0 saturated heterocycles. The number of fused-ring (bicyclic) bond motifs is 1. The number of hydrogen-bond acceptors (Lipinski definition) is 5. The van der Waals surface area contributed by atoms with Gasteiger partial charge in [0.2, 0.25) is 0 Å². The van der Waals surface area contributed by atoms with E-state index in [0.29, 0.717) is 16.4 Å². The van der Waals surface area contributed by atoms with E-state index in [2.05, 4.69) is 15.6 Å². The van der Waals surface area contributed by atoms with Crippen molar-refractivity contribution in [3.05, 3.63) is 77.7 Å². The van der Waals surface area contributed by atoms with Crippen LogP contribution in [-0.2, 0) is 0 Å². The molecule has 2 heterocycles. The molecule has 0 aliphatic heterocycles. The molecule has 4 rings (SSSR count).